The van der Waals surface area contributed by atoms with Crippen molar-refractivity contribution in [2.75, 3.05) is 26.4 Å². The summed E-state index contributed by atoms with van der Waals surface area (Å²) in [5.74, 6) is 0.245. The number of morpholine rings is 1. The van der Waals surface area contributed by atoms with Crippen molar-refractivity contribution in [2.45, 2.75) is 51.5 Å². The van der Waals surface area contributed by atoms with E-state index in [0.717, 1.165) is 31.2 Å². The molecule has 2 fully saturated rings. The molecule has 1 aromatic rings. The molecule has 2 aliphatic carbocycles. The average molecular weight is 373 g/mol. The average Bonchev–Trinajstić information content (AvgIpc) is 3.41. The van der Waals surface area contributed by atoms with Crippen molar-refractivity contribution >= 4 is 5.91 Å². The highest BCUT2D eigenvalue weighted by Gasteiger charge is 2.33. The summed E-state index contributed by atoms with van der Waals surface area (Å²) in [5, 5.41) is 0. The minimum Gasteiger partial charge on any atom is -0.493 e. The Morgan fingerprint density at radius 3 is 2.74 bits per heavy atom. The molecular weight excluding hydrogens is 345 g/mol. The summed E-state index contributed by atoms with van der Waals surface area (Å²) in [6.07, 6.45) is 8.47. The van der Waals surface area contributed by atoms with Crippen LogP contribution in [0.1, 0.15) is 61.4 Å². The molecule has 0 spiro atoms. The monoisotopic (exact) mass is 373 g/mol. The molecule has 1 aromatic carbocycles. The first-order valence-corrected chi connectivity index (χ1v) is 9.97. The van der Waals surface area contributed by atoms with E-state index in [0.29, 0.717) is 38.0 Å². The van der Waals surface area contributed by atoms with E-state index in [1.54, 1.807) is 11.0 Å². The van der Waals surface area contributed by atoms with E-state index in [9.17, 15) is 9.18 Å². The predicted molar refractivity (Wildman–Crippen MR) is 102 cm³/mol. The Hall–Kier alpha value is -1.88. The molecule has 1 saturated heterocycles. The number of amides is 1. The number of carbonyl (C=O) groups excluding carboxylic acids is 1. The number of carbonyl (C=O) groups is 1. The molecule has 3 aliphatic rings. The third-order valence-corrected chi connectivity index (χ3v) is 5.94. The van der Waals surface area contributed by atoms with Crippen molar-refractivity contribution in [3.8, 4) is 5.75 Å². The summed E-state index contributed by atoms with van der Waals surface area (Å²) in [4.78, 5) is 14.6. The SMILES string of the molecule is CC1COCCN1C(=O)c1cc(C2CC2)c(OCC2(C)CC=CC2)cc1F. The van der Waals surface area contributed by atoms with Crippen LogP contribution in [0.3, 0.4) is 0 Å². The van der Waals surface area contributed by atoms with Crippen molar-refractivity contribution in [1.29, 1.82) is 0 Å². The van der Waals surface area contributed by atoms with E-state index in [-0.39, 0.29) is 22.9 Å². The maximum Gasteiger partial charge on any atom is 0.257 e. The van der Waals surface area contributed by atoms with Crippen molar-refractivity contribution in [2.24, 2.45) is 5.41 Å². The molecule has 1 unspecified atom stereocenters. The molecule has 1 heterocycles. The molecule has 27 heavy (non-hydrogen) atoms. The largest absolute Gasteiger partial charge is 0.493 e. The Morgan fingerprint density at radius 1 is 1.33 bits per heavy atom. The van der Waals surface area contributed by atoms with Gasteiger partial charge in [0.1, 0.15) is 11.6 Å². The molecule has 1 atom stereocenters. The summed E-state index contributed by atoms with van der Waals surface area (Å²) >= 11 is 0. The molecule has 0 N–H and O–H groups in total. The predicted octanol–water partition coefficient (Wildman–Crippen LogP) is 4.30. The van der Waals surface area contributed by atoms with Crippen molar-refractivity contribution in [3.05, 3.63) is 41.2 Å². The van der Waals surface area contributed by atoms with Gasteiger partial charge in [0.15, 0.2) is 0 Å². The molecule has 5 heteroatoms. The summed E-state index contributed by atoms with van der Waals surface area (Å²) < 4.78 is 26.4. The van der Waals surface area contributed by atoms with E-state index in [4.69, 9.17) is 9.47 Å². The Morgan fingerprint density at radius 2 is 2.07 bits per heavy atom. The van der Waals surface area contributed by atoms with Gasteiger partial charge in [-0.15, -0.1) is 0 Å². The second-order valence-corrected chi connectivity index (χ2v) is 8.55. The molecule has 146 valence electrons. The highest BCUT2D eigenvalue weighted by atomic mass is 19.1. The molecule has 4 rings (SSSR count). The van der Waals surface area contributed by atoms with Gasteiger partial charge >= 0.3 is 0 Å². The summed E-state index contributed by atoms with van der Waals surface area (Å²) in [5.41, 5.74) is 1.22. The van der Waals surface area contributed by atoms with Gasteiger partial charge in [-0.2, -0.15) is 0 Å². The van der Waals surface area contributed by atoms with Gasteiger partial charge in [-0.25, -0.2) is 4.39 Å². The van der Waals surface area contributed by atoms with E-state index in [1.807, 2.05) is 6.92 Å². The van der Waals surface area contributed by atoms with Gasteiger partial charge in [-0.05, 0) is 50.2 Å². The number of halogens is 1. The van der Waals surface area contributed by atoms with Crippen LogP contribution in [-0.4, -0.2) is 43.2 Å². The first-order valence-electron chi connectivity index (χ1n) is 9.97. The molecular formula is C22H28FNO3. The molecule has 1 aliphatic heterocycles. The van der Waals surface area contributed by atoms with Gasteiger partial charge in [-0.3, -0.25) is 4.79 Å². The molecule has 1 saturated carbocycles. The Labute approximate surface area is 160 Å². The lowest BCUT2D eigenvalue weighted by Gasteiger charge is -2.33. The van der Waals surface area contributed by atoms with Crippen LogP contribution in [0.15, 0.2) is 24.3 Å². The summed E-state index contributed by atoms with van der Waals surface area (Å²) in [7, 11) is 0. The number of nitrogens with zero attached hydrogens (tertiary/aromatic N) is 1. The first-order chi connectivity index (χ1) is 13.0. The number of ether oxygens (including phenoxy) is 2. The standard InChI is InChI=1S/C22H28FNO3/c1-15-13-26-10-9-24(15)21(25)18-11-17(16-5-6-16)20(12-19(18)23)27-14-22(2)7-3-4-8-22/h3-4,11-12,15-16H,5-10,13-14H2,1-2H3. The first kappa shape index (κ1) is 18.5. The quantitative estimate of drug-likeness (QED) is 0.723. The number of rotatable bonds is 5. The fourth-order valence-electron chi connectivity index (χ4n) is 3.95. The highest BCUT2D eigenvalue weighted by Crippen LogP contribution is 2.46. The topological polar surface area (TPSA) is 38.8 Å². The normalized spacial score (nSPS) is 24.3. The van der Waals surface area contributed by atoms with Crippen molar-refractivity contribution in [1.82, 2.24) is 4.90 Å². The lowest BCUT2D eigenvalue weighted by Crippen LogP contribution is -2.47. The second kappa shape index (κ2) is 7.27. The van der Waals surface area contributed by atoms with Crippen LogP contribution in [0.5, 0.6) is 5.75 Å². The molecule has 0 radical (unpaired) electrons. The smallest absolute Gasteiger partial charge is 0.257 e. The molecule has 0 bridgehead atoms. The Bertz CT molecular complexity index is 748. The molecule has 1 amide bonds. The van der Waals surface area contributed by atoms with Crippen LogP contribution in [0.4, 0.5) is 4.39 Å². The van der Waals surface area contributed by atoms with Crippen LogP contribution in [-0.2, 0) is 4.74 Å². The summed E-state index contributed by atoms with van der Waals surface area (Å²) in [6, 6.07) is 3.13. The van der Waals surface area contributed by atoms with Crippen LogP contribution in [0.2, 0.25) is 0 Å². The van der Waals surface area contributed by atoms with E-state index < -0.39 is 5.82 Å². The minimum atomic E-state index is -0.493. The summed E-state index contributed by atoms with van der Waals surface area (Å²) in [6.45, 7) is 6.19. The third-order valence-electron chi connectivity index (χ3n) is 5.94. The fraction of sp³-hybridized carbons (Fsp3) is 0.591. The number of allylic oxidation sites excluding steroid dienone is 2. The lowest BCUT2D eigenvalue weighted by molar-refractivity contribution is 0.00333. The zero-order valence-corrected chi connectivity index (χ0v) is 16.2. The van der Waals surface area contributed by atoms with Crippen LogP contribution >= 0.6 is 0 Å². The van der Waals surface area contributed by atoms with Crippen LogP contribution in [0, 0.1) is 11.2 Å². The third kappa shape index (κ3) is 3.88. The van der Waals surface area contributed by atoms with E-state index in [2.05, 4.69) is 19.1 Å². The number of benzene rings is 1. The lowest BCUT2D eigenvalue weighted by atomic mass is 9.89. The number of hydrogen-bond acceptors (Lipinski definition) is 3. The minimum absolute atomic E-state index is 0.0410. The second-order valence-electron chi connectivity index (χ2n) is 8.55. The highest BCUT2D eigenvalue weighted by molar-refractivity contribution is 5.95. The maximum absolute atomic E-state index is 14.9. The van der Waals surface area contributed by atoms with Gasteiger partial charge in [0.2, 0.25) is 0 Å². The Kier molecular flexibility index (Phi) is 4.97. The van der Waals surface area contributed by atoms with E-state index in [1.165, 1.54) is 6.07 Å². The molecule has 4 nitrogen and oxygen atoms in total. The van der Waals surface area contributed by atoms with Gasteiger partial charge in [-0.1, -0.05) is 19.1 Å². The maximum atomic E-state index is 14.9. The van der Waals surface area contributed by atoms with Gasteiger partial charge in [0.25, 0.3) is 5.91 Å². The van der Waals surface area contributed by atoms with Crippen LogP contribution < -0.4 is 4.74 Å². The zero-order chi connectivity index (χ0) is 19.0. The fourth-order valence-corrected chi connectivity index (χ4v) is 3.95. The molecule has 0 aromatic heterocycles. The van der Waals surface area contributed by atoms with Crippen molar-refractivity contribution in [3.63, 3.8) is 0 Å². The number of hydrogen-bond donors (Lipinski definition) is 0. The van der Waals surface area contributed by atoms with E-state index >= 15 is 0 Å². The Balaban J connectivity index is 1.57. The van der Waals surface area contributed by atoms with Gasteiger partial charge in [0, 0.05) is 18.0 Å². The van der Waals surface area contributed by atoms with Crippen molar-refractivity contribution < 1.29 is 18.7 Å². The van der Waals surface area contributed by atoms with Gasteiger partial charge < -0.3 is 14.4 Å². The van der Waals surface area contributed by atoms with Gasteiger partial charge in [0.05, 0.1) is 31.4 Å². The van der Waals surface area contributed by atoms with Crippen LogP contribution in [0.25, 0.3) is 0 Å². The zero-order valence-electron chi connectivity index (χ0n) is 16.2.